The van der Waals surface area contributed by atoms with E-state index in [0.29, 0.717) is 0 Å². The predicted molar refractivity (Wildman–Crippen MR) is 109 cm³/mol. The van der Waals surface area contributed by atoms with Crippen molar-refractivity contribution in [3.8, 4) is 11.5 Å². The monoisotopic (exact) mass is 464 g/mol. The first-order valence-corrected chi connectivity index (χ1v) is 9.39. The van der Waals surface area contributed by atoms with Gasteiger partial charge in [-0.2, -0.15) is 0 Å². The zero-order valence-corrected chi connectivity index (χ0v) is 17.1. The van der Waals surface area contributed by atoms with Crippen LogP contribution in [-0.4, -0.2) is 25.7 Å². The molecule has 1 aromatic heterocycles. The molecule has 0 fully saturated rings. The Bertz CT molecular complexity index is 900. The van der Waals surface area contributed by atoms with Crippen molar-refractivity contribution >= 4 is 48.5 Å². The van der Waals surface area contributed by atoms with Gasteiger partial charge in [0.05, 0.1) is 24.2 Å². The summed E-state index contributed by atoms with van der Waals surface area (Å²) in [7, 11) is 3.33. The van der Waals surface area contributed by atoms with Crippen LogP contribution in [-0.2, 0) is 6.42 Å². The van der Waals surface area contributed by atoms with Crippen molar-refractivity contribution in [1.82, 2.24) is 4.98 Å². The van der Waals surface area contributed by atoms with Crippen LogP contribution in [0.5, 0.6) is 11.5 Å². The first-order valence-electron chi connectivity index (χ1n) is 7.81. The summed E-state index contributed by atoms with van der Waals surface area (Å²) in [5.74, 6) is 1.64. The van der Waals surface area contributed by atoms with E-state index < -0.39 is 0 Å². The minimum atomic E-state index is 0.775. The minimum Gasteiger partial charge on any atom is -0.497 e. The number of rotatable bonds is 6. The highest BCUT2D eigenvalue weighted by atomic mass is 79.9. The lowest BCUT2D eigenvalue weighted by atomic mass is 10.1. The van der Waals surface area contributed by atoms with Crippen molar-refractivity contribution in [3.05, 3.63) is 57.1 Å². The summed E-state index contributed by atoms with van der Waals surface area (Å²) in [6.07, 6.45) is 2.68. The first-order chi connectivity index (χ1) is 12.1. The number of pyridine rings is 1. The summed E-state index contributed by atoms with van der Waals surface area (Å²) < 4.78 is 12.6. The molecule has 0 aliphatic heterocycles. The van der Waals surface area contributed by atoms with Gasteiger partial charge in [0.15, 0.2) is 0 Å². The molecule has 0 saturated heterocycles. The number of anilines is 1. The summed E-state index contributed by atoms with van der Waals surface area (Å²) in [5, 5.41) is 4.56. The van der Waals surface area contributed by atoms with Crippen LogP contribution in [0.3, 0.4) is 0 Å². The molecule has 2 aromatic carbocycles. The van der Waals surface area contributed by atoms with E-state index >= 15 is 0 Å². The Hall–Kier alpha value is -1.79. The Labute approximate surface area is 163 Å². The molecule has 0 spiro atoms. The Morgan fingerprint density at radius 3 is 2.60 bits per heavy atom. The molecule has 0 amide bonds. The second kappa shape index (κ2) is 8.06. The first kappa shape index (κ1) is 18.0. The maximum absolute atomic E-state index is 5.34. The van der Waals surface area contributed by atoms with Crippen LogP contribution in [0.15, 0.2) is 51.5 Å². The summed E-state index contributed by atoms with van der Waals surface area (Å²) in [5.41, 5.74) is 3.15. The largest absolute Gasteiger partial charge is 0.497 e. The van der Waals surface area contributed by atoms with Gasteiger partial charge in [0.25, 0.3) is 0 Å². The molecule has 4 nitrogen and oxygen atoms in total. The Morgan fingerprint density at radius 2 is 1.84 bits per heavy atom. The molecule has 0 saturated carbocycles. The fraction of sp³-hybridized carbons (Fsp3) is 0.211. The topological polar surface area (TPSA) is 43.4 Å². The van der Waals surface area contributed by atoms with Gasteiger partial charge in [-0.05, 0) is 58.2 Å². The summed E-state index contributed by atoms with van der Waals surface area (Å²) in [6, 6.07) is 12.0. The van der Waals surface area contributed by atoms with Gasteiger partial charge in [0.2, 0.25) is 0 Å². The van der Waals surface area contributed by atoms with E-state index in [0.717, 1.165) is 50.0 Å². The molecule has 0 unspecified atom stereocenters. The van der Waals surface area contributed by atoms with Gasteiger partial charge in [0.1, 0.15) is 11.5 Å². The Kier molecular flexibility index (Phi) is 5.81. The molecule has 0 bridgehead atoms. The number of methoxy groups -OCH3 is 2. The summed E-state index contributed by atoms with van der Waals surface area (Å²) >= 11 is 7.14. The summed E-state index contributed by atoms with van der Waals surface area (Å²) in [6.45, 7) is 0.800. The molecule has 6 heteroatoms. The lowest BCUT2D eigenvalue weighted by Gasteiger charge is -2.12. The van der Waals surface area contributed by atoms with Crippen LogP contribution in [0.4, 0.5) is 5.69 Å². The van der Waals surface area contributed by atoms with E-state index in [1.54, 1.807) is 20.4 Å². The van der Waals surface area contributed by atoms with Crippen molar-refractivity contribution in [2.24, 2.45) is 0 Å². The van der Waals surface area contributed by atoms with Gasteiger partial charge in [-0.15, -0.1) is 0 Å². The normalized spacial score (nSPS) is 10.7. The number of ether oxygens (including phenoxy) is 2. The second-order valence-corrected chi connectivity index (χ2v) is 7.21. The third kappa shape index (κ3) is 4.07. The van der Waals surface area contributed by atoms with Gasteiger partial charge in [-0.1, -0.05) is 15.9 Å². The van der Waals surface area contributed by atoms with Crippen LogP contribution >= 0.6 is 31.9 Å². The van der Waals surface area contributed by atoms with Gasteiger partial charge < -0.3 is 14.8 Å². The zero-order valence-electron chi connectivity index (χ0n) is 14.0. The quantitative estimate of drug-likeness (QED) is 0.526. The molecule has 0 radical (unpaired) electrons. The van der Waals surface area contributed by atoms with Crippen molar-refractivity contribution in [1.29, 1.82) is 0 Å². The number of nitrogens with zero attached hydrogens (tertiary/aromatic N) is 1. The van der Waals surface area contributed by atoms with Crippen molar-refractivity contribution in [2.45, 2.75) is 6.42 Å². The van der Waals surface area contributed by atoms with Gasteiger partial charge in [0, 0.05) is 34.4 Å². The Morgan fingerprint density at radius 1 is 1.00 bits per heavy atom. The van der Waals surface area contributed by atoms with Crippen LogP contribution in [0.2, 0.25) is 0 Å². The predicted octanol–water partition coefficient (Wildman–Crippen LogP) is 5.43. The number of aromatic nitrogens is 1. The van der Waals surface area contributed by atoms with Crippen molar-refractivity contribution < 1.29 is 9.47 Å². The van der Waals surface area contributed by atoms with Crippen LogP contribution in [0.25, 0.3) is 10.9 Å². The molecule has 0 aliphatic carbocycles. The van der Waals surface area contributed by atoms with Crippen molar-refractivity contribution in [3.63, 3.8) is 0 Å². The highest BCUT2D eigenvalue weighted by molar-refractivity contribution is 9.10. The molecule has 1 heterocycles. The fourth-order valence-corrected chi connectivity index (χ4v) is 3.61. The van der Waals surface area contributed by atoms with Crippen LogP contribution < -0.4 is 14.8 Å². The highest BCUT2D eigenvalue weighted by Crippen LogP contribution is 2.32. The number of halogens is 2. The molecule has 0 aliphatic rings. The average Bonchev–Trinajstić information content (AvgIpc) is 2.63. The van der Waals surface area contributed by atoms with Gasteiger partial charge in [-0.25, -0.2) is 0 Å². The minimum absolute atomic E-state index is 0.775. The zero-order chi connectivity index (χ0) is 17.8. The number of nitrogens with one attached hydrogen (secondary N) is 1. The van der Waals surface area contributed by atoms with E-state index in [1.807, 2.05) is 30.3 Å². The number of fused-ring (bicyclic) bond motifs is 1. The SMILES string of the molecule is COc1ccc(Br)c(CCNc2ccnc3cc(OC)c(Br)cc23)c1. The highest BCUT2D eigenvalue weighted by Gasteiger charge is 2.08. The number of hydrogen-bond acceptors (Lipinski definition) is 4. The lowest BCUT2D eigenvalue weighted by molar-refractivity contribution is 0.412. The molecular weight excluding hydrogens is 448 g/mol. The standard InChI is InChI=1S/C19H18Br2N2O2/c1-24-13-3-4-15(20)12(9-13)5-7-22-17-6-8-23-18-11-19(25-2)16(21)10-14(17)18/h3-4,6,8-11H,5,7H2,1-2H3,(H,22,23). The van der Waals surface area contributed by atoms with E-state index in [9.17, 15) is 0 Å². The Balaban J connectivity index is 1.79. The smallest absolute Gasteiger partial charge is 0.135 e. The number of hydrogen-bond donors (Lipinski definition) is 1. The maximum atomic E-state index is 5.34. The molecule has 3 aromatic rings. The van der Waals surface area contributed by atoms with Gasteiger partial charge in [-0.3, -0.25) is 4.98 Å². The third-order valence-corrected chi connectivity index (χ3v) is 5.37. The number of benzene rings is 2. The molecule has 25 heavy (non-hydrogen) atoms. The summed E-state index contributed by atoms with van der Waals surface area (Å²) in [4.78, 5) is 4.43. The molecular formula is C19H18Br2N2O2. The molecule has 130 valence electrons. The third-order valence-electron chi connectivity index (χ3n) is 3.98. The maximum Gasteiger partial charge on any atom is 0.135 e. The van der Waals surface area contributed by atoms with Crippen LogP contribution in [0.1, 0.15) is 5.56 Å². The second-order valence-electron chi connectivity index (χ2n) is 5.50. The lowest BCUT2D eigenvalue weighted by Crippen LogP contribution is -2.06. The molecule has 1 N–H and O–H groups in total. The molecule has 3 rings (SSSR count). The van der Waals surface area contributed by atoms with Gasteiger partial charge >= 0.3 is 0 Å². The fourth-order valence-electron chi connectivity index (χ4n) is 2.66. The van der Waals surface area contributed by atoms with Crippen LogP contribution in [0, 0.1) is 0 Å². The van der Waals surface area contributed by atoms with E-state index in [1.165, 1.54) is 5.56 Å². The van der Waals surface area contributed by atoms with E-state index in [-0.39, 0.29) is 0 Å². The van der Waals surface area contributed by atoms with E-state index in [2.05, 4.69) is 48.2 Å². The molecule has 0 atom stereocenters. The van der Waals surface area contributed by atoms with Crippen molar-refractivity contribution in [2.75, 3.05) is 26.1 Å². The van der Waals surface area contributed by atoms with E-state index in [4.69, 9.17) is 9.47 Å². The average molecular weight is 466 g/mol.